The summed E-state index contributed by atoms with van der Waals surface area (Å²) in [6.45, 7) is 0.657. The fourth-order valence-corrected chi connectivity index (χ4v) is 2.10. The fourth-order valence-electron chi connectivity index (χ4n) is 1.89. The van der Waals surface area contributed by atoms with Crippen molar-refractivity contribution in [2.75, 3.05) is 19.0 Å². The maximum absolute atomic E-state index is 13.1. The van der Waals surface area contributed by atoms with Gasteiger partial charge in [-0.3, -0.25) is 0 Å². The highest BCUT2D eigenvalue weighted by Gasteiger charge is 2.05. The molecular weight excluding hydrogens is 319 g/mol. The number of amides is 2. The normalized spacial score (nSPS) is 10.3. The standard InChI is InChI=1S/C16H18ClFN4O/c1-22(2)15-8-12(5-6-19-15)10-21-16(23)20-9-11-3-4-14(18)13(17)7-11/h3-8H,9-10H2,1-2H3,(H2,20,21,23). The molecule has 0 atom stereocenters. The number of benzene rings is 1. The second kappa shape index (κ2) is 7.78. The van der Waals surface area contributed by atoms with Crippen LogP contribution in [0.4, 0.5) is 15.0 Å². The van der Waals surface area contributed by atoms with Gasteiger partial charge in [-0.1, -0.05) is 17.7 Å². The third kappa shape index (κ3) is 5.10. The van der Waals surface area contributed by atoms with Gasteiger partial charge in [0.15, 0.2) is 0 Å². The lowest BCUT2D eigenvalue weighted by Gasteiger charge is -2.13. The molecule has 2 N–H and O–H groups in total. The van der Waals surface area contributed by atoms with Crippen LogP contribution in [0, 0.1) is 5.82 Å². The molecule has 0 aliphatic rings. The quantitative estimate of drug-likeness (QED) is 0.882. The predicted molar refractivity (Wildman–Crippen MR) is 89.0 cm³/mol. The average molecular weight is 337 g/mol. The van der Waals surface area contributed by atoms with E-state index in [9.17, 15) is 9.18 Å². The van der Waals surface area contributed by atoms with Gasteiger partial charge < -0.3 is 15.5 Å². The van der Waals surface area contributed by atoms with Gasteiger partial charge in [-0.15, -0.1) is 0 Å². The molecule has 0 bridgehead atoms. The molecule has 1 heterocycles. The minimum atomic E-state index is -0.478. The third-order valence-electron chi connectivity index (χ3n) is 3.16. The molecule has 1 aromatic carbocycles. The largest absolute Gasteiger partial charge is 0.363 e. The number of pyridine rings is 1. The molecular formula is C16H18ClFN4O. The van der Waals surface area contributed by atoms with E-state index < -0.39 is 5.82 Å². The van der Waals surface area contributed by atoms with Gasteiger partial charge in [0.1, 0.15) is 11.6 Å². The van der Waals surface area contributed by atoms with E-state index >= 15 is 0 Å². The van der Waals surface area contributed by atoms with E-state index in [1.165, 1.54) is 12.1 Å². The Labute approximate surface area is 139 Å². The molecule has 0 unspecified atom stereocenters. The van der Waals surface area contributed by atoms with Crippen LogP contribution in [0.2, 0.25) is 5.02 Å². The Balaban J connectivity index is 1.83. The maximum atomic E-state index is 13.1. The molecule has 0 saturated heterocycles. The second-order valence-electron chi connectivity index (χ2n) is 5.20. The Bertz CT molecular complexity index is 694. The molecule has 5 nitrogen and oxygen atoms in total. The molecule has 0 fully saturated rings. The zero-order valence-electron chi connectivity index (χ0n) is 12.9. The number of aromatic nitrogens is 1. The van der Waals surface area contributed by atoms with Crippen LogP contribution < -0.4 is 15.5 Å². The molecule has 2 aromatic rings. The van der Waals surface area contributed by atoms with Crippen molar-refractivity contribution < 1.29 is 9.18 Å². The van der Waals surface area contributed by atoms with Crippen molar-refractivity contribution in [2.24, 2.45) is 0 Å². The number of urea groups is 1. The first-order valence-electron chi connectivity index (χ1n) is 7.03. The van der Waals surface area contributed by atoms with Crippen LogP contribution in [0.3, 0.4) is 0 Å². The summed E-state index contributed by atoms with van der Waals surface area (Å²) in [6, 6.07) is 7.77. The lowest BCUT2D eigenvalue weighted by molar-refractivity contribution is 0.240. The summed E-state index contributed by atoms with van der Waals surface area (Å²) < 4.78 is 13.1. The van der Waals surface area contributed by atoms with Gasteiger partial charge in [-0.05, 0) is 35.4 Å². The summed E-state index contributed by atoms with van der Waals surface area (Å²) in [5.41, 5.74) is 1.68. The topological polar surface area (TPSA) is 57.3 Å². The molecule has 0 spiro atoms. The van der Waals surface area contributed by atoms with Gasteiger partial charge in [0, 0.05) is 33.4 Å². The maximum Gasteiger partial charge on any atom is 0.315 e. The van der Waals surface area contributed by atoms with Crippen LogP contribution in [0.15, 0.2) is 36.5 Å². The van der Waals surface area contributed by atoms with Crippen LogP contribution in [0.25, 0.3) is 0 Å². The van der Waals surface area contributed by atoms with Gasteiger partial charge in [0.25, 0.3) is 0 Å². The molecule has 7 heteroatoms. The van der Waals surface area contributed by atoms with Crippen LogP contribution >= 0.6 is 11.6 Å². The summed E-state index contributed by atoms with van der Waals surface area (Å²) in [7, 11) is 3.81. The van der Waals surface area contributed by atoms with Crippen molar-refractivity contribution in [3.63, 3.8) is 0 Å². The first-order valence-corrected chi connectivity index (χ1v) is 7.41. The van der Waals surface area contributed by atoms with Crippen molar-refractivity contribution in [1.29, 1.82) is 0 Å². The molecule has 0 radical (unpaired) electrons. The number of hydrogen-bond donors (Lipinski definition) is 2. The van der Waals surface area contributed by atoms with Crippen LogP contribution in [0.1, 0.15) is 11.1 Å². The summed E-state index contributed by atoms with van der Waals surface area (Å²) in [5, 5.41) is 5.49. The van der Waals surface area contributed by atoms with E-state index in [2.05, 4.69) is 15.6 Å². The highest BCUT2D eigenvalue weighted by atomic mass is 35.5. The highest BCUT2D eigenvalue weighted by molar-refractivity contribution is 6.30. The summed E-state index contributed by atoms with van der Waals surface area (Å²) in [4.78, 5) is 17.9. The van der Waals surface area contributed by atoms with Gasteiger partial charge in [-0.25, -0.2) is 14.2 Å². The smallest absolute Gasteiger partial charge is 0.315 e. The van der Waals surface area contributed by atoms with Gasteiger partial charge in [-0.2, -0.15) is 0 Å². The Hall–Kier alpha value is -2.34. The first-order chi connectivity index (χ1) is 11.0. The molecule has 2 amide bonds. The van der Waals surface area contributed by atoms with Crippen molar-refractivity contribution in [3.8, 4) is 0 Å². The Morgan fingerprint density at radius 3 is 2.43 bits per heavy atom. The lowest BCUT2D eigenvalue weighted by Crippen LogP contribution is -2.34. The van der Waals surface area contributed by atoms with E-state index in [0.29, 0.717) is 6.54 Å². The van der Waals surface area contributed by atoms with Gasteiger partial charge in [0.05, 0.1) is 5.02 Å². The summed E-state index contributed by atoms with van der Waals surface area (Å²) in [5.74, 6) is 0.347. The number of carbonyl (C=O) groups excluding carboxylic acids is 1. The Kier molecular flexibility index (Phi) is 5.76. The minimum absolute atomic E-state index is 0.0395. The Morgan fingerprint density at radius 2 is 1.83 bits per heavy atom. The SMILES string of the molecule is CN(C)c1cc(CNC(=O)NCc2ccc(F)c(Cl)c2)ccn1. The second-order valence-corrected chi connectivity index (χ2v) is 5.61. The molecule has 1 aromatic heterocycles. The number of halogens is 2. The zero-order chi connectivity index (χ0) is 16.8. The van der Waals surface area contributed by atoms with Gasteiger partial charge >= 0.3 is 6.03 Å². The summed E-state index contributed by atoms with van der Waals surface area (Å²) >= 11 is 5.70. The van der Waals surface area contributed by atoms with Crippen LogP contribution in [-0.2, 0) is 13.1 Å². The van der Waals surface area contributed by atoms with E-state index in [-0.39, 0.29) is 17.6 Å². The first kappa shape index (κ1) is 17.0. The third-order valence-corrected chi connectivity index (χ3v) is 3.45. The van der Waals surface area contributed by atoms with Crippen molar-refractivity contribution in [1.82, 2.24) is 15.6 Å². The Morgan fingerprint density at radius 1 is 1.17 bits per heavy atom. The molecule has 2 rings (SSSR count). The number of rotatable bonds is 5. The fraction of sp³-hybridized carbons (Fsp3) is 0.250. The monoisotopic (exact) mass is 336 g/mol. The van der Waals surface area contributed by atoms with E-state index in [0.717, 1.165) is 16.9 Å². The van der Waals surface area contributed by atoms with E-state index in [4.69, 9.17) is 11.6 Å². The van der Waals surface area contributed by atoms with Crippen LogP contribution in [0.5, 0.6) is 0 Å². The molecule has 0 saturated carbocycles. The van der Waals surface area contributed by atoms with Crippen molar-refractivity contribution in [3.05, 3.63) is 58.5 Å². The van der Waals surface area contributed by atoms with E-state index in [1.807, 2.05) is 31.1 Å². The number of hydrogen-bond acceptors (Lipinski definition) is 3. The average Bonchev–Trinajstić information content (AvgIpc) is 2.54. The minimum Gasteiger partial charge on any atom is -0.363 e. The van der Waals surface area contributed by atoms with E-state index in [1.54, 1.807) is 12.3 Å². The van der Waals surface area contributed by atoms with Crippen LogP contribution in [-0.4, -0.2) is 25.1 Å². The zero-order valence-corrected chi connectivity index (χ0v) is 13.7. The molecule has 23 heavy (non-hydrogen) atoms. The lowest BCUT2D eigenvalue weighted by atomic mass is 10.2. The predicted octanol–water partition coefficient (Wildman–Crippen LogP) is 2.94. The molecule has 122 valence electrons. The van der Waals surface area contributed by atoms with Crippen molar-refractivity contribution >= 4 is 23.4 Å². The number of carbonyl (C=O) groups is 1. The molecule has 0 aliphatic heterocycles. The molecule has 0 aliphatic carbocycles. The highest BCUT2D eigenvalue weighted by Crippen LogP contribution is 2.15. The van der Waals surface area contributed by atoms with Gasteiger partial charge in [0.2, 0.25) is 0 Å². The number of nitrogens with one attached hydrogen (secondary N) is 2. The van der Waals surface area contributed by atoms with Crippen molar-refractivity contribution in [2.45, 2.75) is 13.1 Å². The number of nitrogens with zero attached hydrogens (tertiary/aromatic N) is 2. The summed E-state index contributed by atoms with van der Waals surface area (Å²) in [6.07, 6.45) is 1.70. The number of anilines is 1.